The Balaban J connectivity index is 2.83. The van der Waals surface area contributed by atoms with Crippen molar-refractivity contribution in [2.45, 2.75) is 32.3 Å². The molecule has 1 atom stereocenters. The summed E-state index contributed by atoms with van der Waals surface area (Å²) in [6.07, 6.45) is 0.357. The van der Waals surface area contributed by atoms with Crippen LogP contribution in [0.25, 0.3) is 0 Å². The van der Waals surface area contributed by atoms with Gasteiger partial charge in [-0.05, 0) is 32.4 Å². The molecule has 114 valence electrons. The summed E-state index contributed by atoms with van der Waals surface area (Å²) in [5.41, 5.74) is 0.136. The van der Waals surface area contributed by atoms with Crippen molar-refractivity contribution in [3.63, 3.8) is 0 Å². The number of benzene rings is 1. The minimum atomic E-state index is -1.27. The number of ether oxygens (including phenoxy) is 1. The number of carbonyl (C=O) groups excluding carboxylic acids is 2. The van der Waals surface area contributed by atoms with Crippen molar-refractivity contribution in [3.8, 4) is 0 Å². The van der Waals surface area contributed by atoms with E-state index in [0.29, 0.717) is 17.5 Å². The Hall–Kier alpha value is -2.37. The highest BCUT2D eigenvalue weighted by molar-refractivity contribution is 5.94. The van der Waals surface area contributed by atoms with Gasteiger partial charge in [0, 0.05) is 5.69 Å². The van der Waals surface area contributed by atoms with Crippen molar-refractivity contribution in [3.05, 3.63) is 29.8 Å². The Bertz CT molecular complexity index is 533. The monoisotopic (exact) mass is 293 g/mol. The van der Waals surface area contributed by atoms with Crippen LogP contribution in [-0.2, 0) is 19.1 Å². The number of hydrogen-bond donors (Lipinski definition) is 2. The fourth-order valence-electron chi connectivity index (χ4n) is 1.74. The van der Waals surface area contributed by atoms with E-state index in [0.717, 1.165) is 0 Å². The lowest BCUT2D eigenvalue weighted by molar-refractivity contribution is -0.152. The van der Waals surface area contributed by atoms with Crippen molar-refractivity contribution < 1.29 is 24.2 Å². The van der Waals surface area contributed by atoms with Crippen molar-refractivity contribution in [2.24, 2.45) is 0 Å². The van der Waals surface area contributed by atoms with Gasteiger partial charge in [-0.15, -0.1) is 0 Å². The number of aldehydes is 1. The molecule has 0 radical (unpaired) electrons. The molecule has 0 aliphatic carbocycles. The largest absolute Gasteiger partial charge is 0.480 e. The van der Waals surface area contributed by atoms with Crippen LogP contribution in [0.15, 0.2) is 24.3 Å². The second-order valence-corrected chi connectivity index (χ2v) is 5.48. The molecule has 6 nitrogen and oxygen atoms in total. The molecule has 0 spiro atoms. The first kappa shape index (κ1) is 16.7. The molecule has 2 N–H and O–H groups in total. The van der Waals surface area contributed by atoms with E-state index in [-0.39, 0.29) is 6.54 Å². The summed E-state index contributed by atoms with van der Waals surface area (Å²) in [7, 11) is 0. The highest BCUT2D eigenvalue weighted by Gasteiger charge is 2.22. The van der Waals surface area contributed by atoms with E-state index in [2.05, 4.69) is 5.32 Å². The van der Waals surface area contributed by atoms with Crippen LogP contribution in [0.3, 0.4) is 0 Å². The Morgan fingerprint density at radius 3 is 2.48 bits per heavy atom. The van der Waals surface area contributed by atoms with Gasteiger partial charge in [0.15, 0.2) is 0 Å². The molecule has 1 unspecified atom stereocenters. The van der Waals surface area contributed by atoms with E-state index in [9.17, 15) is 14.4 Å². The zero-order valence-electron chi connectivity index (χ0n) is 12.3. The highest BCUT2D eigenvalue weighted by atomic mass is 16.6. The highest BCUT2D eigenvalue weighted by Crippen LogP contribution is 2.23. The van der Waals surface area contributed by atoms with Gasteiger partial charge in [-0.3, -0.25) is 9.59 Å². The van der Waals surface area contributed by atoms with E-state index in [1.54, 1.807) is 39.0 Å². The fraction of sp³-hybridized carbons (Fsp3) is 0.400. The van der Waals surface area contributed by atoms with Crippen molar-refractivity contribution in [1.82, 2.24) is 0 Å². The predicted octanol–water partition coefficient (Wildman–Crippen LogP) is 1.81. The zero-order valence-corrected chi connectivity index (χ0v) is 12.3. The van der Waals surface area contributed by atoms with Gasteiger partial charge in [0.05, 0.1) is 0 Å². The molecule has 1 rings (SSSR count). The Morgan fingerprint density at radius 1 is 1.33 bits per heavy atom. The average Bonchev–Trinajstić information content (AvgIpc) is 2.36. The molecule has 1 aromatic rings. The van der Waals surface area contributed by atoms with E-state index < -0.39 is 23.5 Å². The van der Waals surface area contributed by atoms with Gasteiger partial charge in [0.2, 0.25) is 0 Å². The van der Waals surface area contributed by atoms with E-state index in [1.165, 1.54) is 6.07 Å². The number of hydrogen-bond acceptors (Lipinski definition) is 5. The van der Waals surface area contributed by atoms with Crippen LogP contribution in [0, 0.1) is 0 Å². The molecule has 0 aromatic heterocycles. The second kappa shape index (κ2) is 6.88. The van der Waals surface area contributed by atoms with Crippen molar-refractivity contribution >= 4 is 23.9 Å². The maximum atomic E-state index is 11.6. The molecule has 0 saturated carbocycles. The third-order valence-corrected chi connectivity index (χ3v) is 2.54. The van der Waals surface area contributed by atoms with Crippen molar-refractivity contribution in [2.75, 3.05) is 11.9 Å². The smallest absolute Gasteiger partial charge is 0.325 e. The zero-order chi connectivity index (χ0) is 16.0. The van der Waals surface area contributed by atoms with Crippen LogP contribution < -0.4 is 5.32 Å². The number of carboxylic acids is 1. The maximum Gasteiger partial charge on any atom is 0.325 e. The molecule has 0 aliphatic rings. The number of rotatable bonds is 6. The summed E-state index contributed by atoms with van der Waals surface area (Å²) in [5.74, 6) is -2.97. The predicted molar refractivity (Wildman–Crippen MR) is 77.2 cm³/mol. The first-order chi connectivity index (χ1) is 9.74. The van der Waals surface area contributed by atoms with Gasteiger partial charge >= 0.3 is 11.9 Å². The molecular weight excluding hydrogens is 274 g/mol. The number of carbonyl (C=O) groups is 3. The Labute approximate surface area is 123 Å². The lowest BCUT2D eigenvalue weighted by Crippen LogP contribution is -2.28. The SMILES string of the molecule is CC(C)(C)OC(=O)CNc1ccccc1C(C=O)C(=O)O. The minimum absolute atomic E-state index is 0.112. The minimum Gasteiger partial charge on any atom is -0.480 e. The van der Waals surface area contributed by atoms with E-state index >= 15 is 0 Å². The summed E-state index contributed by atoms with van der Waals surface area (Å²) < 4.78 is 5.15. The molecule has 0 aliphatic heterocycles. The number of nitrogens with one attached hydrogen (secondary N) is 1. The van der Waals surface area contributed by atoms with Gasteiger partial charge in [-0.2, -0.15) is 0 Å². The molecule has 0 bridgehead atoms. The second-order valence-electron chi connectivity index (χ2n) is 5.48. The lowest BCUT2D eigenvalue weighted by Gasteiger charge is -2.20. The summed E-state index contributed by atoms with van der Waals surface area (Å²) >= 11 is 0. The fourth-order valence-corrected chi connectivity index (χ4v) is 1.74. The molecule has 0 fully saturated rings. The summed E-state index contributed by atoms with van der Waals surface area (Å²) in [6.45, 7) is 5.16. The maximum absolute atomic E-state index is 11.6. The number of anilines is 1. The molecule has 1 aromatic carbocycles. The topological polar surface area (TPSA) is 92.7 Å². The molecule has 0 heterocycles. The van der Waals surface area contributed by atoms with Gasteiger partial charge < -0.3 is 20.0 Å². The summed E-state index contributed by atoms with van der Waals surface area (Å²) in [5, 5.41) is 11.8. The number of para-hydroxylation sites is 1. The van der Waals surface area contributed by atoms with Crippen LogP contribution in [0.5, 0.6) is 0 Å². The molecule has 0 amide bonds. The number of aliphatic carboxylic acids is 1. The molecule has 0 saturated heterocycles. The number of carboxylic acid groups (broad SMARTS) is 1. The van der Waals surface area contributed by atoms with Crippen LogP contribution in [-0.4, -0.2) is 35.5 Å². The van der Waals surface area contributed by atoms with E-state index in [1.807, 2.05) is 0 Å². The first-order valence-electron chi connectivity index (χ1n) is 6.47. The lowest BCUT2D eigenvalue weighted by atomic mass is 9.99. The Morgan fingerprint density at radius 2 is 1.95 bits per heavy atom. The third kappa shape index (κ3) is 5.25. The summed E-state index contributed by atoms with van der Waals surface area (Å²) in [6, 6.07) is 6.46. The molecule has 21 heavy (non-hydrogen) atoms. The van der Waals surface area contributed by atoms with E-state index in [4.69, 9.17) is 9.84 Å². The average molecular weight is 293 g/mol. The standard InChI is InChI=1S/C15H19NO5/c1-15(2,3)21-13(18)8-16-12-7-5-4-6-10(12)11(9-17)14(19)20/h4-7,9,11,16H,8H2,1-3H3,(H,19,20). The van der Waals surface area contributed by atoms with Crippen LogP contribution in [0.4, 0.5) is 5.69 Å². The molecular formula is C15H19NO5. The van der Waals surface area contributed by atoms with Crippen LogP contribution >= 0.6 is 0 Å². The summed E-state index contributed by atoms with van der Waals surface area (Å²) in [4.78, 5) is 33.6. The van der Waals surface area contributed by atoms with Crippen molar-refractivity contribution in [1.29, 1.82) is 0 Å². The van der Waals surface area contributed by atoms with Gasteiger partial charge in [0.25, 0.3) is 0 Å². The normalized spacial score (nSPS) is 12.3. The van der Waals surface area contributed by atoms with Crippen LogP contribution in [0.1, 0.15) is 32.3 Å². The van der Waals surface area contributed by atoms with Gasteiger partial charge in [0.1, 0.15) is 24.3 Å². The number of esters is 1. The Kier molecular flexibility index (Phi) is 5.46. The van der Waals surface area contributed by atoms with Gasteiger partial charge in [-0.1, -0.05) is 18.2 Å². The quantitative estimate of drug-likeness (QED) is 0.472. The van der Waals surface area contributed by atoms with Gasteiger partial charge in [-0.25, -0.2) is 0 Å². The first-order valence-corrected chi connectivity index (χ1v) is 6.47. The molecule has 6 heteroatoms. The third-order valence-electron chi connectivity index (χ3n) is 2.54. The van der Waals surface area contributed by atoms with Crippen LogP contribution in [0.2, 0.25) is 0 Å².